The van der Waals surface area contributed by atoms with Gasteiger partial charge in [-0.15, -0.1) is 0 Å². The van der Waals surface area contributed by atoms with Gasteiger partial charge in [0.25, 0.3) is 0 Å². The van der Waals surface area contributed by atoms with Crippen molar-refractivity contribution in [1.82, 2.24) is 0 Å². The van der Waals surface area contributed by atoms with E-state index in [0.717, 1.165) is 23.1 Å². The van der Waals surface area contributed by atoms with Crippen LogP contribution in [0.4, 0.5) is 0 Å². The highest BCUT2D eigenvalue weighted by molar-refractivity contribution is 5.98. The highest BCUT2D eigenvalue weighted by Crippen LogP contribution is 2.12. The summed E-state index contributed by atoms with van der Waals surface area (Å²) in [5.41, 5.74) is 2.95. The van der Waals surface area contributed by atoms with E-state index in [9.17, 15) is 4.79 Å². The number of carbonyl (C=O) groups excluding carboxylic acids is 1. The van der Waals surface area contributed by atoms with Gasteiger partial charge < -0.3 is 4.74 Å². The molecule has 0 bridgehead atoms. The van der Waals surface area contributed by atoms with Crippen LogP contribution in [-0.4, -0.2) is 19.0 Å². The third kappa shape index (κ3) is 6.33. The summed E-state index contributed by atoms with van der Waals surface area (Å²) in [5, 5.41) is 0. The first-order valence-corrected chi connectivity index (χ1v) is 7.83. The molecule has 0 aromatic heterocycles. The summed E-state index contributed by atoms with van der Waals surface area (Å²) in [5.74, 6) is 0.0946. The molecule has 0 saturated carbocycles. The molecule has 1 aromatic rings. The molecule has 0 aliphatic heterocycles. The van der Waals surface area contributed by atoms with Gasteiger partial charge in [-0.1, -0.05) is 56.7 Å². The first-order chi connectivity index (χ1) is 9.65. The molecule has 0 aliphatic carbocycles. The molecule has 112 valence electrons. The van der Waals surface area contributed by atoms with Crippen molar-refractivity contribution in [2.24, 2.45) is 0 Å². The van der Waals surface area contributed by atoms with Crippen LogP contribution in [0.3, 0.4) is 0 Å². The SMILES string of the molecule is CCCCCCCCOCC(=O)c1cc(C)ccc1C. The van der Waals surface area contributed by atoms with Gasteiger partial charge >= 0.3 is 0 Å². The van der Waals surface area contributed by atoms with E-state index in [4.69, 9.17) is 4.74 Å². The average Bonchev–Trinajstić information content (AvgIpc) is 2.44. The zero-order chi connectivity index (χ0) is 14.8. The van der Waals surface area contributed by atoms with Crippen molar-refractivity contribution in [3.8, 4) is 0 Å². The summed E-state index contributed by atoms with van der Waals surface area (Å²) >= 11 is 0. The fourth-order valence-corrected chi connectivity index (χ4v) is 2.26. The lowest BCUT2D eigenvalue weighted by molar-refractivity contribution is 0.0751. The van der Waals surface area contributed by atoms with Gasteiger partial charge in [-0.25, -0.2) is 0 Å². The molecule has 0 atom stereocenters. The lowest BCUT2D eigenvalue weighted by Crippen LogP contribution is -2.11. The van der Waals surface area contributed by atoms with E-state index < -0.39 is 0 Å². The van der Waals surface area contributed by atoms with E-state index in [1.54, 1.807) is 0 Å². The predicted octanol–water partition coefficient (Wildman–Crippen LogP) is 4.86. The maximum Gasteiger partial charge on any atom is 0.188 e. The van der Waals surface area contributed by atoms with Crippen LogP contribution in [0.5, 0.6) is 0 Å². The van der Waals surface area contributed by atoms with Crippen molar-refractivity contribution in [1.29, 1.82) is 0 Å². The molecule has 0 saturated heterocycles. The van der Waals surface area contributed by atoms with Crippen molar-refractivity contribution in [2.45, 2.75) is 59.3 Å². The second-order valence-electron chi connectivity index (χ2n) is 5.56. The summed E-state index contributed by atoms with van der Waals surface area (Å²) < 4.78 is 5.50. The number of carbonyl (C=O) groups is 1. The summed E-state index contributed by atoms with van der Waals surface area (Å²) in [7, 11) is 0. The Labute approximate surface area is 123 Å². The van der Waals surface area contributed by atoms with E-state index in [-0.39, 0.29) is 12.4 Å². The molecule has 0 radical (unpaired) electrons. The van der Waals surface area contributed by atoms with Crippen LogP contribution >= 0.6 is 0 Å². The lowest BCUT2D eigenvalue weighted by Gasteiger charge is -2.07. The van der Waals surface area contributed by atoms with Gasteiger partial charge in [0.15, 0.2) is 5.78 Å². The highest BCUT2D eigenvalue weighted by atomic mass is 16.5. The monoisotopic (exact) mass is 276 g/mol. The number of Topliss-reactive ketones (excluding diaryl/α,β-unsaturated/α-hetero) is 1. The quantitative estimate of drug-likeness (QED) is 0.450. The van der Waals surface area contributed by atoms with Crippen molar-refractivity contribution in [3.63, 3.8) is 0 Å². The van der Waals surface area contributed by atoms with Crippen LogP contribution < -0.4 is 0 Å². The topological polar surface area (TPSA) is 26.3 Å². The van der Waals surface area contributed by atoms with Crippen LogP contribution in [-0.2, 0) is 4.74 Å². The first-order valence-electron chi connectivity index (χ1n) is 7.83. The lowest BCUT2D eigenvalue weighted by atomic mass is 10.0. The molecule has 1 aromatic carbocycles. The molecule has 0 fully saturated rings. The van der Waals surface area contributed by atoms with Crippen LogP contribution in [0, 0.1) is 13.8 Å². The molecule has 0 unspecified atom stereocenters. The summed E-state index contributed by atoms with van der Waals surface area (Å²) in [6.45, 7) is 7.11. The minimum absolute atomic E-state index is 0.0946. The number of hydrogen-bond donors (Lipinski definition) is 0. The zero-order valence-electron chi connectivity index (χ0n) is 13.2. The largest absolute Gasteiger partial charge is 0.373 e. The van der Waals surface area contributed by atoms with Crippen LogP contribution in [0.15, 0.2) is 18.2 Å². The second-order valence-corrected chi connectivity index (χ2v) is 5.56. The van der Waals surface area contributed by atoms with Crippen LogP contribution in [0.2, 0.25) is 0 Å². The minimum Gasteiger partial charge on any atom is -0.373 e. The number of benzene rings is 1. The van der Waals surface area contributed by atoms with Gasteiger partial charge in [0.2, 0.25) is 0 Å². The summed E-state index contributed by atoms with van der Waals surface area (Å²) in [6.07, 6.45) is 7.47. The molecule has 0 amide bonds. The third-order valence-corrected chi connectivity index (χ3v) is 3.57. The fourth-order valence-electron chi connectivity index (χ4n) is 2.26. The average molecular weight is 276 g/mol. The van der Waals surface area contributed by atoms with Gasteiger partial charge in [0, 0.05) is 12.2 Å². The molecule has 0 aliphatic rings. The van der Waals surface area contributed by atoms with E-state index in [1.165, 1.54) is 32.1 Å². The molecular formula is C18H28O2. The Morgan fingerprint density at radius 2 is 1.75 bits per heavy atom. The molecule has 0 N–H and O–H groups in total. The fraction of sp³-hybridized carbons (Fsp3) is 0.611. The van der Waals surface area contributed by atoms with Crippen molar-refractivity contribution in [2.75, 3.05) is 13.2 Å². The molecule has 20 heavy (non-hydrogen) atoms. The Hall–Kier alpha value is -1.15. The van der Waals surface area contributed by atoms with Crippen LogP contribution in [0.1, 0.15) is 66.9 Å². The molecule has 1 rings (SSSR count). The van der Waals surface area contributed by atoms with Crippen molar-refractivity contribution in [3.05, 3.63) is 34.9 Å². The van der Waals surface area contributed by atoms with Crippen molar-refractivity contribution >= 4 is 5.78 Å². The molecular weight excluding hydrogens is 248 g/mol. The van der Waals surface area contributed by atoms with Gasteiger partial charge in [-0.3, -0.25) is 4.79 Å². The molecule has 2 nitrogen and oxygen atoms in total. The van der Waals surface area contributed by atoms with E-state index >= 15 is 0 Å². The van der Waals surface area contributed by atoms with E-state index in [1.807, 2.05) is 32.0 Å². The summed E-state index contributed by atoms with van der Waals surface area (Å²) in [6, 6.07) is 5.98. The number of unbranched alkanes of at least 4 members (excludes halogenated alkanes) is 5. The number of rotatable bonds is 10. The smallest absolute Gasteiger partial charge is 0.188 e. The first kappa shape index (κ1) is 16.9. The Morgan fingerprint density at radius 1 is 1.05 bits per heavy atom. The Morgan fingerprint density at radius 3 is 2.50 bits per heavy atom. The van der Waals surface area contributed by atoms with E-state index in [0.29, 0.717) is 6.61 Å². The zero-order valence-corrected chi connectivity index (χ0v) is 13.2. The number of hydrogen-bond acceptors (Lipinski definition) is 2. The number of aryl methyl sites for hydroxylation is 2. The van der Waals surface area contributed by atoms with Gasteiger partial charge in [-0.05, 0) is 31.9 Å². The maximum absolute atomic E-state index is 12.1. The van der Waals surface area contributed by atoms with Crippen LogP contribution in [0.25, 0.3) is 0 Å². The number of ether oxygens (including phenoxy) is 1. The minimum atomic E-state index is 0.0946. The van der Waals surface area contributed by atoms with Gasteiger partial charge in [0.1, 0.15) is 6.61 Å². The third-order valence-electron chi connectivity index (χ3n) is 3.57. The Balaban J connectivity index is 2.18. The molecule has 0 heterocycles. The standard InChI is InChI=1S/C18H28O2/c1-4-5-6-7-8-9-12-20-14-18(19)17-13-15(2)10-11-16(17)3/h10-11,13H,4-9,12,14H2,1-3H3. The van der Waals surface area contributed by atoms with Gasteiger partial charge in [0.05, 0.1) is 0 Å². The van der Waals surface area contributed by atoms with Gasteiger partial charge in [-0.2, -0.15) is 0 Å². The Kier molecular flexibility index (Phi) is 8.20. The Bertz CT molecular complexity index is 410. The number of ketones is 1. The molecule has 0 spiro atoms. The highest BCUT2D eigenvalue weighted by Gasteiger charge is 2.09. The summed E-state index contributed by atoms with van der Waals surface area (Å²) in [4.78, 5) is 12.1. The predicted molar refractivity (Wildman–Crippen MR) is 84.4 cm³/mol. The normalized spacial score (nSPS) is 10.8. The van der Waals surface area contributed by atoms with Crippen molar-refractivity contribution < 1.29 is 9.53 Å². The maximum atomic E-state index is 12.1. The van der Waals surface area contributed by atoms with E-state index in [2.05, 4.69) is 6.92 Å². The second kappa shape index (κ2) is 9.71. The molecule has 2 heteroatoms.